The average Bonchev–Trinajstić information content (AvgIpc) is 3.37. The molecule has 7 heteroatoms. The van der Waals surface area contributed by atoms with Crippen molar-refractivity contribution in [2.75, 3.05) is 11.9 Å². The van der Waals surface area contributed by atoms with Crippen LogP contribution in [0.5, 0.6) is 5.88 Å². The first-order valence-electron chi connectivity index (χ1n) is 8.86. The maximum atomic E-state index is 12.4. The van der Waals surface area contributed by atoms with E-state index in [9.17, 15) is 4.79 Å². The summed E-state index contributed by atoms with van der Waals surface area (Å²) in [5.41, 5.74) is 5.25. The lowest BCUT2D eigenvalue weighted by molar-refractivity contribution is 0.102. The molecule has 5 rings (SSSR count). The van der Waals surface area contributed by atoms with Gasteiger partial charge in [-0.15, -0.1) is 11.3 Å². The molecular weight excluding hydrogens is 348 g/mol. The highest BCUT2D eigenvalue weighted by Gasteiger charge is 2.20. The van der Waals surface area contributed by atoms with Crippen LogP contribution < -0.4 is 10.1 Å². The fourth-order valence-electron chi connectivity index (χ4n) is 3.54. The molecule has 3 heterocycles. The number of anilines is 1. The molecule has 0 bridgehead atoms. The number of amides is 1. The predicted octanol–water partition coefficient (Wildman–Crippen LogP) is 3.53. The lowest BCUT2D eigenvalue weighted by Crippen LogP contribution is -2.13. The van der Waals surface area contributed by atoms with E-state index in [1.807, 2.05) is 5.38 Å². The van der Waals surface area contributed by atoms with Crippen LogP contribution in [-0.2, 0) is 19.4 Å². The van der Waals surface area contributed by atoms with Gasteiger partial charge in [-0.05, 0) is 42.9 Å². The van der Waals surface area contributed by atoms with Gasteiger partial charge in [-0.1, -0.05) is 12.1 Å². The summed E-state index contributed by atoms with van der Waals surface area (Å²) in [6.45, 7) is 1.29. The van der Waals surface area contributed by atoms with E-state index in [1.165, 1.54) is 41.7 Å². The Labute approximate surface area is 154 Å². The highest BCUT2D eigenvalue weighted by molar-refractivity contribution is 7.14. The fourth-order valence-corrected chi connectivity index (χ4v) is 4.26. The van der Waals surface area contributed by atoms with Gasteiger partial charge in [0.15, 0.2) is 10.8 Å². The highest BCUT2D eigenvalue weighted by Crippen LogP contribution is 2.30. The monoisotopic (exact) mass is 366 g/mol. The molecule has 0 spiro atoms. The number of aryl methyl sites for hydroxylation is 2. The second-order valence-corrected chi connectivity index (χ2v) is 7.48. The van der Waals surface area contributed by atoms with E-state index < -0.39 is 0 Å². The zero-order valence-electron chi connectivity index (χ0n) is 14.2. The number of hydrogen-bond acceptors (Lipinski definition) is 5. The molecule has 1 aromatic carbocycles. The zero-order valence-corrected chi connectivity index (χ0v) is 15.0. The van der Waals surface area contributed by atoms with Crippen molar-refractivity contribution in [3.8, 4) is 17.1 Å². The van der Waals surface area contributed by atoms with Gasteiger partial charge in [0, 0.05) is 17.0 Å². The third kappa shape index (κ3) is 2.78. The molecular formula is C19H18N4O2S. The van der Waals surface area contributed by atoms with Gasteiger partial charge in [0.1, 0.15) is 6.61 Å². The number of carbonyl (C=O) groups is 1. The van der Waals surface area contributed by atoms with Crippen LogP contribution in [0.3, 0.4) is 0 Å². The van der Waals surface area contributed by atoms with E-state index in [-0.39, 0.29) is 5.91 Å². The normalized spacial score (nSPS) is 15.2. The molecule has 1 N–H and O–H groups in total. The van der Waals surface area contributed by atoms with Crippen LogP contribution in [0.2, 0.25) is 0 Å². The molecule has 0 unspecified atom stereocenters. The first-order valence-corrected chi connectivity index (χ1v) is 9.74. The van der Waals surface area contributed by atoms with Crippen LogP contribution in [0.1, 0.15) is 34.5 Å². The number of fused-ring (bicyclic) bond motifs is 2. The molecule has 2 aliphatic rings. The number of nitrogens with one attached hydrogen (secondary N) is 1. The minimum atomic E-state index is -0.262. The number of carbonyl (C=O) groups excluding carboxylic acids is 1. The van der Waals surface area contributed by atoms with Gasteiger partial charge in [-0.25, -0.2) is 9.67 Å². The van der Waals surface area contributed by atoms with Crippen molar-refractivity contribution in [2.45, 2.75) is 32.2 Å². The Hall–Kier alpha value is -2.67. The van der Waals surface area contributed by atoms with Crippen LogP contribution in [0.25, 0.3) is 11.3 Å². The summed E-state index contributed by atoms with van der Waals surface area (Å²) in [5.74, 6) is 0.380. The van der Waals surface area contributed by atoms with E-state index in [1.54, 1.807) is 10.7 Å². The molecule has 0 atom stereocenters. The molecule has 2 aromatic heterocycles. The van der Waals surface area contributed by atoms with Crippen LogP contribution in [0.4, 0.5) is 5.13 Å². The van der Waals surface area contributed by atoms with E-state index >= 15 is 0 Å². The van der Waals surface area contributed by atoms with E-state index in [4.69, 9.17) is 4.74 Å². The van der Waals surface area contributed by atoms with E-state index in [0.29, 0.717) is 29.9 Å². The molecule has 1 amide bonds. The van der Waals surface area contributed by atoms with Crippen LogP contribution >= 0.6 is 11.3 Å². The van der Waals surface area contributed by atoms with Crippen molar-refractivity contribution in [3.63, 3.8) is 0 Å². The molecule has 0 fully saturated rings. The second-order valence-electron chi connectivity index (χ2n) is 6.62. The number of thiazole rings is 1. The molecule has 0 radical (unpaired) electrons. The minimum absolute atomic E-state index is 0.262. The van der Waals surface area contributed by atoms with Crippen molar-refractivity contribution < 1.29 is 9.53 Å². The number of nitrogens with zero attached hydrogens (tertiary/aromatic N) is 3. The topological polar surface area (TPSA) is 69.0 Å². The molecule has 26 heavy (non-hydrogen) atoms. The Balaban J connectivity index is 1.34. The third-order valence-electron chi connectivity index (χ3n) is 4.90. The molecule has 3 aromatic rings. The molecule has 0 saturated carbocycles. The van der Waals surface area contributed by atoms with Crippen LogP contribution in [-0.4, -0.2) is 27.3 Å². The van der Waals surface area contributed by atoms with Gasteiger partial charge in [-0.2, -0.15) is 5.10 Å². The molecule has 1 aliphatic carbocycles. The van der Waals surface area contributed by atoms with Gasteiger partial charge in [0.05, 0.1) is 12.2 Å². The van der Waals surface area contributed by atoms with Crippen LogP contribution in [0, 0.1) is 0 Å². The Bertz CT molecular complexity index is 970. The smallest absolute Gasteiger partial charge is 0.278 e. The van der Waals surface area contributed by atoms with E-state index in [0.717, 1.165) is 17.7 Å². The number of rotatable bonds is 3. The minimum Gasteiger partial charge on any atom is -0.476 e. The number of aromatic nitrogens is 3. The summed E-state index contributed by atoms with van der Waals surface area (Å²) >= 11 is 1.43. The van der Waals surface area contributed by atoms with Crippen molar-refractivity contribution in [1.82, 2.24) is 14.8 Å². The standard InChI is InChI=1S/C19H18N4O2S/c24-18(15-10-17-23(22-15)7-8-25-17)21-19-20-16(11-26-19)14-6-5-12-3-1-2-4-13(12)9-14/h5-6,9-11H,1-4,7-8H2,(H,20,21,24). The van der Waals surface area contributed by atoms with Gasteiger partial charge < -0.3 is 4.74 Å². The number of ether oxygens (including phenoxy) is 1. The summed E-state index contributed by atoms with van der Waals surface area (Å²) in [4.78, 5) is 17.0. The predicted molar refractivity (Wildman–Crippen MR) is 99.9 cm³/mol. The maximum Gasteiger partial charge on any atom is 0.278 e. The largest absolute Gasteiger partial charge is 0.476 e. The summed E-state index contributed by atoms with van der Waals surface area (Å²) < 4.78 is 7.10. The third-order valence-corrected chi connectivity index (χ3v) is 5.66. The van der Waals surface area contributed by atoms with Gasteiger partial charge in [0.2, 0.25) is 5.88 Å². The quantitative estimate of drug-likeness (QED) is 0.770. The Kier molecular flexibility index (Phi) is 3.74. The molecule has 1 aliphatic heterocycles. The van der Waals surface area contributed by atoms with Crippen molar-refractivity contribution >= 4 is 22.4 Å². The van der Waals surface area contributed by atoms with Crippen LogP contribution in [0.15, 0.2) is 29.6 Å². The Morgan fingerprint density at radius 2 is 2.08 bits per heavy atom. The van der Waals surface area contributed by atoms with Crippen molar-refractivity contribution in [2.24, 2.45) is 0 Å². The first kappa shape index (κ1) is 15.6. The van der Waals surface area contributed by atoms with Gasteiger partial charge >= 0.3 is 0 Å². The maximum absolute atomic E-state index is 12.4. The second kappa shape index (κ2) is 6.25. The number of benzene rings is 1. The molecule has 6 nitrogen and oxygen atoms in total. The summed E-state index contributed by atoms with van der Waals surface area (Å²) in [6, 6.07) is 8.25. The Morgan fingerprint density at radius 3 is 2.96 bits per heavy atom. The Morgan fingerprint density at radius 1 is 1.19 bits per heavy atom. The van der Waals surface area contributed by atoms with Gasteiger partial charge in [-0.3, -0.25) is 10.1 Å². The summed E-state index contributed by atoms with van der Waals surface area (Å²) in [7, 11) is 0. The van der Waals surface area contributed by atoms with Gasteiger partial charge in [0.25, 0.3) is 5.91 Å². The summed E-state index contributed by atoms with van der Waals surface area (Å²) in [5, 5.41) is 9.66. The number of hydrogen-bond donors (Lipinski definition) is 1. The average molecular weight is 366 g/mol. The van der Waals surface area contributed by atoms with Crippen molar-refractivity contribution in [1.29, 1.82) is 0 Å². The lowest BCUT2D eigenvalue weighted by Gasteiger charge is -2.16. The lowest BCUT2D eigenvalue weighted by atomic mass is 9.90. The fraction of sp³-hybridized carbons (Fsp3) is 0.316. The summed E-state index contributed by atoms with van der Waals surface area (Å²) in [6.07, 6.45) is 4.85. The zero-order chi connectivity index (χ0) is 17.5. The molecule has 0 saturated heterocycles. The first-order chi connectivity index (χ1) is 12.8. The highest BCUT2D eigenvalue weighted by atomic mass is 32.1. The van der Waals surface area contributed by atoms with E-state index in [2.05, 4.69) is 33.6 Å². The van der Waals surface area contributed by atoms with Crippen molar-refractivity contribution in [3.05, 3.63) is 46.5 Å². The SMILES string of the molecule is O=C(Nc1nc(-c2ccc3c(c2)CCCC3)cs1)c1cc2n(n1)CCO2. The molecule has 132 valence electrons.